The van der Waals surface area contributed by atoms with Crippen molar-refractivity contribution in [1.82, 2.24) is 9.80 Å². The van der Waals surface area contributed by atoms with Crippen LogP contribution in [0.2, 0.25) is 0 Å². The van der Waals surface area contributed by atoms with Gasteiger partial charge in [0.05, 0.1) is 0 Å². The molecule has 0 atom stereocenters. The lowest BCUT2D eigenvalue weighted by Gasteiger charge is -2.23. The smallest absolute Gasteiger partial charge is 0.0233 e. The summed E-state index contributed by atoms with van der Waals surface area (Å²) in [7, 11) is 4.36. The molecule has 0 saturated heterocycles. The Labute approximate surface area is 208 Å². The lowest BCUT2D eigenvalue weighted by atomic mass is 10.0. The van der Waals surface area contributed by atoms with Crippen LogP contribution < -0.4 is 0 Å². The van der Waals surface area contributed by atoms with Crippen LogP contribution in [-0.2, 0) is 6.54 Å². The summed E-state index contributed by atoms with van der Waals surface area (Å²) in [6.07, 6.45) is 25.7. The third-order valence-electron chi connectivity index (χ3n) is 6.91. The van der Waals surface area contributed by atoms with Crippen molar-refractivity contribution in [2.75, 3.05) is 33.7 Å². The van der Waals surface area contributed by atoms with Crippen molar-refractivity contribution in [2.45, 2.75) is 129 Å². The summed E-state index contributed by atoms with van der Waals surface area (Å²) < 4.78 is 0. The van der Waals surface area contributed by atoms with E-state index in [0.717, 1.165) is 6.54 Å². The molecule has 2 heteroatoms. The summed E-state index contributed by atoms with van der Waals surface area (Å²) in [6.45, 7) is 7.12. The predicted molar refractivity (Wildman–Crippen MR) is 149 cm³/mol. The van der Waals surface area contributed by atoms with E-state index in [9.17, 15) is 0 Å². The van der Waals surface area contributed by atoms with Crippen molar-refractivity contribution in [3.63, 3.8) is 0 Å². The first-order valence-electron chi connectivity index (χ1n) is 14.6. The number of hydrogen-bond acceptors (Lipinski definition) is 2. The zero-order valence-corrected chi connectivity index (χ0v) is 22.8. The minimum absolute atomic E-state index is 1.11. The van der Waals surface area contributed by atoms with Gasteiger partial charge < -0.3 is 4.90 Å². The number of hydrogen-bond donors (Lipinski definition) is 0. The highest BCUT2D eigenvalue weighted by Crippen LogP contribution is 2.14. The maximum absolute atomic E-state index is 2.69. The molecule has 1 aromatic carbocycles. The SMILES string of the molecule is CCCCCCCCCCCCCCCCCCN(CCCCN(C)C)Cc1ccccc1. The number of nitrogens with zero attached hydrogens (tertiary/aromatic N) is 2. The molecule has 1 aromatic rings. The number of benzene rings is 1. The van der Waals surface area contributed by atoms with Crippen LogP contribution in [0.3, 0.4) is 0 Å². The highest BCUT2D eigenvalue weighted by atomic mass is 15.1. The summed E-state index contributed by atoms with van der Waals surface area (Å²) in [6, 6.07) is 11.0. The summed E-state index contributed by atoms with van der Waals surface area (Å²) >= 11 is 0. The van der Waals surface area contributed by atoms with Crippen LogP contribution in [0.1, 0.15) is 128 Å². The molecule has 0 bridgehead atoms. The lowest BCUT2D eigenvalue weighted by molar-refractivity contribution is 0.248. The topological polar surface area (TPSA) is 6.48 Å². The standard InChI is InChI=1S/C31H58N2/c1-4-5-6-7-8-9-10-11-12-13-14-15-16-17-18-22-28-33(29-24-23-27-32(2)3)30-31-25-20-19-21-26-31/h19-21,25-26H,4-18,22-24,27-30H2,1-3H3. The van der Waals surface area contributed by atoms with E-state index in [1.807, 2.05) is 0 Å². The maximum atomic E-state index is 2.69. The van der Waals surface area contributed by atoms with Crippen molar-refractivity contribution in [3.8, 4) is 0 Å². The van der Waals surface area contributed by atoms with Crippen molar-refractivity contribution < 1.29 is 0 Å². The van der Waals surface area contributed by atoms with Gasteiger partial charge in [0.1, 0.15) is 0 Å². The van der Waals surface area contributed by atoms with E-state index in [1.165, 1.54) is 141 Å². The van der Waals surface area contributed by atoms with Gasteiger partial charge in [-0.05, 0) is 58.6 Å². The molecule has 1 rings (SSSR count). The van der Waals surface area contributed by atoms with Crippen LogP contribution in [0, 0.1) is 0 Å². The largest absolute Gasteiger partial charge is 0.309 e. The van der Waals surface area contributed by atoms with Crippen molar-refractivity contribution >= 4 is 0 Å². The van der Waals surface area contributed by atoms with Gasteiger partial charge >= 0.3 is 0 Å². The van der Waals surface area contributed by atoms with Gasteiger partial charge in [0.2, 0.25) is 0 Å². The minimum atomic E-state index is 1.11. The van der Waals surface area contributed by atoms with E-state index in [2.05, 4.69) is 61.2 Å². The summed E-state index contributed by atoms with van der Waals surface area (Å²) in [5.41, 5.74) is 1.46. The zero-order valence-electron chi connectivity index (χ0n) is 22.8. The molecule has 192 valence electrons. The predicted octanol–water partition coefficient (Wildman–Crippen LogP) is 9.09. The first-order chi connectivity index (χ1) is 16.2. The van der Waals surface area contributed by atoms with Gasteiger partial charge in [0, 0.05) is 6.54 Å². The molecule has 0 amide bonds. The quantitative estimate of drug-likeness (QED) is 0.142. The summed E-state index contributed by atoms with van der Waals surface area (Å²) in [4.78, 5) is 4.99. The van der Waals surface area contributed by atoms with Gasteiger partial charge in [-0.15, -0.1) is 0 Å². The van der Waals surface area contributed by atoms with Crippen LogP contribution in [0.15, 0.2) is 30.3 Å². The molecular weight excluding hydrogens is 400 g/mol. The van der Waals surface area contributed by atoms with Gasteiger partial charge in [-0.25, -0.2) is 0 Å². The van der Waals surface area contributed by atoms with Crippen LogP contribution in [0.5, 0.6) is 0 Å². The molecule has 2 nitrogen and oxygen atoms in total. The van der Waals surface area contributed by atoms with Crippen molar-refractivity contribution in [1.29, 1.82) is 0 Å². The molecule has 0 N–H and O–H groups in total. The van der Waals surface area contributed by atoms with Crippen LogP contribution >= 0.6 is 0 Å². The first kappa shape index (κ1) is 30.2. The Kier molecular flexibility index (Phi) is 20.9. The summed E-state index contributed by atoms with van der Waals surface area (Å²) in [5, 5.41) is 0. The Bertz CT molecular complexity index is 499. The van der Waals surface area contributed by atoms with Gasteiger partial charge in [-0.1, -0.05) is 134 Å². The highest BCUT2D eigenvalue weighted by molar-refractivity contribution is 5.14. The average Bonchev–Trinajstić information content (AvgIpc) is 2.81. The Morgan fingerprint density at radius 2 is 0.879 bits per heavy atom. The van der Waals surface area contributed by atoms with E-state index in [-0.39, 0.29) is 0 Å². The molecule has 0 heterocycles. The van der Waals surface area contributed by atoms with Crippen LogP contribution in [0.25, 0.3) is 0 Å². The molecule has 0 aromatic heterocycles. The lowest BCUT2D eigenvalue weighted by Crippen LogP contribution is -2.26. The first-order valence-corrected chi connectivity index (χ1v) is 14.6. The number of unbranched alkanes of at least 4 members (excludes halogenated alkanes) is 16. The van der Waals surface area contributed by atoms with E-state index in [1.54, 1.807) is 0 Å². The molecule has 0 radical (unpaired) electrons. The van der Waals surface area contributed by atoms with Crippen LogP contribution in [0.4, 0.5) is 0 Å². The second kappa shape index (κ2) is 22.9. The molecule has 0 unspecified atom stereocenters. The summed E-state index contributed by atoms with van der Waals surface area (Å²) in [5.74, 6) is 0. The fraction of sp³-hybridized carbons (Fsp3) is 0.806. The maximum Gasteiger partial charge on any atom is 0.0233 e. The second-order valence-corrected chi connectivity index (χ2v) is 10.6. The molecule has 0 spiro atoms. The van der Waals surface area contributed by atoms with E-state index < -0.39 is 0 Å². The van der Waals surface area contributed by atoms with E-state index in [4.69, 9.17) is 0 Å². The monoisotopic (exact) mass is 458 g/mol. The Morgan fingerprint density at radius 1 is 0.485 bits per heavy atom. The molecule has 0 aliphatic heterocycles. The molecule has 0 aliphatic rings. The van der Waals surface area contributed by atoms with Gasteiger partial charge in [0.25, 0.3) is 0 Å². The zero-order chi connectivity index (χ0) is 23.8. The van der Waals surface area contributed by atoms with E-state index in [0.29, 0.717) is 0 Å². The Hall–Kier alpha value is -0.860. The van der Waals surface area contributed by atoms with Crippen molar-refractivity contribution in [3.05, 3.63) is 35.9 Å². The minimum Gasteiger partial charge on any atom is -0.309 e. The molecule has 33 heavy (non-hydrogen) atoms. The fourth-order valence-corrected chi connectivity index (χ4v) is 4.76. The van der Waals surface area contributed by atoms with Gasteiger partial charge in [-0.3, -0.25) is 4.90 Å². The van der Waals surface area contributed by atoms with E-state index >= 15 is 0 Å². The third kappa shape index (κ3) is 20.2. The normalized spacial score (nSPS) is 11.7. The Balaban J connectivity index is 1.99. The van der Waals surface area contributed by atoms with Crippen LogP contribution in [-0.4, -0.2) is 43.5 Å². The Morgan fingerprint density at radius 3 is 1.33 bits per heavy atom. The number of rotatable bonds is 24. The van der Waals surface area contributed by atoms with Crippen molar-refractivity contribution in [2.24, 2.45) is 0 Å². The fourth-order valence-electron chi connectivity index (χ4n) is 4.76. The second-order valence-electron chi connectivity index (χ2n) is 10.6. The molecule has 0 aliphatic carbocycles. The molecule has 0 fully saturated rings. The molecule has 0 saturated carbocycles. The molecular formula is C31H58N2. The third-order valence-corrected chi connectivity index (χ3v) is 6.91. The average molecular weight is 459 g/mol. The van der Waals surface area contributed by atoms with Gasteiger partial charge in [0.15, 0.2) is 0 Å². The highest BCUT2D eigenvalue weighted by Gasteiger charge is 2.06. The van der Waals surface area contributed by atoms with Gasteiger partial charge in [-0.2, -0.15) is 0 Å².